The van der Waals surface area contributed by atoms with Crippen molar-refractivity contribution in [1.29, 1.82) is 0 Å². The van der Waals surface area contributed by atoms with Crippen molar-refractivity contribution in [3.8, 4) is 0 Å². The fraction of sp³-hybridized carbons (Fsp3) is 0.600. The minimum absolute atomic E-state index is 0. The number of nitrogens with zero attached hydrogens (tertiary/aromatic N) is 1. The Morgan fingerprint density at radius 2 is 1.92 bits per heavy atom. The van der Waals surface area contributed by atoms with Crippen molar-refractivity contribution in [3.05, 3.63) is 35.4 Å². The fourth-order valence-electron chi connectivity index (χ4n) is 3.07. The van der Waals surface area contributed by atoms with E-state index in [4.69, 9.17) is 5.73 Å². The molecule has 26 heavy (non-hydrogen) atoms. The number of halogens is 1. The van der Waals surface area contributed by atoms with Crippen molar-refractivity contribution >= 4 is 24.2 Å². The summed E-state index contributed by atoms with van der Waals surface area (Å²) < 4.78 is 0. The zero-order valence-corrected chi connectivity index (χ0v) is 17.1. The van der Waals surface area contributed by atoms with Gasteiger partial charge in [-0.15, -0.1) is 12.4 Å². The van der Waals surface area contributed by atoms with E-state index in [9.17, 15) is 9.59 Å². The topological polar surface area (TPSA) is 75.4 Å². The minimum Gasteiger partial charge on any atom is -0.349 e. The minimum atomic E-state index is -0.416. The van der Waals surface area contributed by atoms with Gasteiger partial charge in [-0.3, -0.25) is 9.59 Å². The van der Waals surface area contributed by atoms with Crippen LogP contribution >= 0.6 is 12.4 Å². The maximum atomic E-state index is 12.7. The van der Waals surface area contributed by atoms with Gasteiger partial charge in [0.05, 0.1) is 11.5 Å². The summed E-state index contributed by atoms with van der Waals surface area (Å²) in [4.78, 5) is 27.2. The van der Waals surface area contributed by atoms with Gasteiger partial charge >= 0.3 is 0 Å². The summed E-state index contributed by atoms with van der Waals surface area (Å²) in [5.41, 5.74) is 7.26. The molecule has 5 nitrogen and oxygen atoms in total. The number of nitrogens with two attached hydrogens (primary N) is 1. The predicted octanol–water partition coefficient (Wildman–Crippen LogP) is 2.76. The average molecular weight is 382 g/mol. The number of piperidine rings is 1. The molecule has 1 fully saturated rings. The van der Waals surface area contributed by atoms with Crippen molar-refractivity contribution in [3.63, 3.8) is 0 Å². The number of hydrogen-bond donors (Lipinski definition) is 2. The van der Waals surface area contributed by atoms with Gasteiger partial charge in [0.25, 0.3) is 5.91 Å². The maximum Gasteiger partial charge on any atom is 0.253 e. The Kier molecular flexibility index (Phi) is 8.10. The van der Waals surface area contributed by atoms with E-state index < -0.39 is 5.54 Å². The Balaban J connectivity index is 0.00000338. The molecule has 3 N–H and O–H groups in total. The molecule has 0 spiro atoms. The number of carbonyl (C=O) groups is 2. The van der Waals surface area contributed by atoms with E-state index in [0.717, 1.165) is 18.4 Å². The van der Waals surface area contributed by atoms with Crippen LogP contribution in [0.1, 0.15) is 49.5 Å². The molecule has 0 saturated carbocycles. The van der Waals surface area contributed by atoms with Gasteiger partial charge in [-0.25, -0.2) is 0 Å². The molecule has 1 heterocycles. The van der Waals surface area contributed by atoms with Gasteiger partial charge in [-0.1, -0.05) is 31.5 Å². The van der Waals surface area contributed by atoms with Crippen LogP contribution in [0.25, 0.3) is 0 Å². The molecule has 2 rings (SSSR count). The van der Waals surface area contributed by atoms with Crippen LogP contribution in [0.15, 0.2) is 24.3 Å². The highest BCUT2D eigenvalue weighted by atomic mass is 35.5. The van der Waals surface area contributed by atoms with Crippen LogP contribution in [-0.4, -0.2) is 41.9 Å². The lowest BCUT2D eigenvalue weighted by Crippen LogP contribution is -2.58. The van der Waals surface area contributed by atoms with Gasteiger partial charge < -0.3 is 16.0 Å². The van der Waals surface area contributed by atoms with Crippen molar-refractivity contribution in [1.82, 2.24) is 10.2 Å². The van der Waals surface area contributed by atoms with Crippen molar-refractivity contribution in [2.75, 3.05) is 19.6 Å². The molecule has 146 valence electrons. The van der Waals surface area contributed by atoms with E-state index in [0.29, 0.717) is 25.2 Å². The predicted molar refractivity (Wildman–Crippen MR) is 107 cm³/mol. The number of aryl methyl sites for hydroxylation is 1. The van der Waals surface area contributed by atoms with E-state index in [2.05, 4.69) is 19.2 Å². The molecule has 2 atom stereocenters. The second-order valence-corrected chi connectivity index (χ2v) is 7.72. The lowest BCUT2D eigenvalue weighted by Gasteiger charge is -2.37. The molecule has 2 amide bonds. The molecule has 0 aromatic heterocycles. The Labute approximate surface area is 163 Å². The molecular weight excluding hydrogens is 350 g/mol. The van der Waals surface area contributed by atoms with E-state index in [1.54, 1.807) is 4.90 Å². The number of amides is 2. The summed E-state index contributed by atoms with van der Waals surface area (Å²) in [6.45, 7) is 9.66. The highest BCUT2D eigenvalue weighted by molar-refractivity contribution is 5.94. The summed E-state index contributed by atoms with van der Waals surface area (Å²) in [5.74, 6) is 0.0779. The first-order valence-corrected chi connectivity index (χ1v) is 9.15. The number of nitrogens with one attached hydrogen (secondary N) is 1. The first kappa shape index (κ1) is 22.5. The van der Waals surface area contributed by atoms with E-state index in [1.807, 2.05) is 38.1 Å². The summed E-state index contributed by atoms with van der Waals surface area (Å²) in [5, 5.41) is 3.12. The molecule has 0 aliphatic carbocycles. The molecule has 1 saturated heterocycles. The largest absolute Gasteiger partial charge is 0.349 e. The molecular formula is C20H32ClN3O2. The second kappa shape index (κ2) is 9.38. The van der Waals surface area contributed by atoms with Crippen LogP contribution in [0, 0.1) is 18.8 Å². The van der Waals surface area contributed by atoms with Gasteiger partial charge in [0.2, 0.25) is 5.91 Å². The zero-order valence-electron chi connectivity index (χ0n) is 16.2. The quantitative estimate of drug-likeness (QED) is 0.823. The Bertz CT molecular complexity index is 618. The summed E-state index contributed by atoms with van der Waals surface area (Å²) >= 11 is 0. The number of carbonyl (C=O) groups excluding carboxylic acids is 2. The monoisotopic (exact) mass is 381 g/mol. The third-order valence-electron chi connectivity index (χ3n) is 5.48. The third-order valence-corrected chi connectivity index (χ3v) is 5.48. The molecule has 1 aliphatic heterocycles. The van der Waals surface area contributed by atoms with Crippen LogP contribution in [0.2, 0.25) is 0 Å². The standard InChI is InChI=1S/C20H31N3O2.ClH/c1-14(2)20(4,13-21)22-18(24)17-6-5-11-23(12-17)19(25)16-9-7-15(3)8-10-16;/h7-10,14,17H,5-6,11-13,21H2,1-4H3,(H,22,24);1H. The molecule has 1 aliphatic rings. The van der Waals surface area contributed by atoms with Gasteiger partial charge in [-0.05, 0) is 44.7 Å². The first-order chi connectivity index (χ1) is 11.8. The van der Waals surface area contributed by atoms with Gasteiger partial charge in [0.1, 0.15) is 0 Å². The second-order valence-electron chi connectivity index (χ2n) is 7.72. The normalized spacial score (nSPS) is 19.5. The smallest absolute Gasteiger partial charge is 0.253 e. The maximum absolute atomic E-state index is 12.7. The molecule has 1 aromatic carbocycles. The molecule has 0 bridgehead atoms. The number of hydrogen-bond acceptors (Lipinski definition) is 3. The van der Waals surface area contributed by atoms with Crippen molar-refractivity contribution in [2.45, 2.75) is 46.1 Å². The molecule has 0 radical (unpaired) electrons. The average Bonchev–Trinajstić information content (AvgIpc) is 2.61. The molecule has 2 unspecified atom stereocenters. The van der Waals surface area contributed by atoms with E-state index >= 15 is 0 Å². The zero-order chi connectivity index (χ0) is 18.6. The SMILES string of the molecule is Cc1ccc(C(=O)N2CCCC(C(=O)NC(C)(CN)C(C)C)C2)cc1.Cl. The Morgan fingerprint density at radius 3 is 2.46 bits per heavy atom. The van der Waals surface area contributed by atoms with E-state index in [1.165, 1.54) is 0 Å². The van der Waals surface area contributed by atoms with Crippen molar-refractivity contribution < 1.29 is 9.59 Å². The Hall–Kier alpha value is -1.59. The van der Waals surface area contributed by atoms with E-state index in [-0.39, 0.29) is 36.1 Å². The van der Waals surface area contributed by atoms with Crippen LogP contribution in [0.4, 0.5) is 0 Å². The van der Waals surface area contributed by atoms with Crippen LogP contribution in [0.5, 0.6) is 0 Å². The first-order valence-electron chi connectivity index (χ1n) is 9.15. The van der Waals surface area contributed by atoms with Crippen LogP contribution in [0.3, 0.4) is 0 Å². The molecule has 1 aromatic rings. The lowest BCUT2D eigenvalue weighted by molar-refractivity contribution is -0.128. The van der Waals surface area contributed by atoms with Gasteiger partial charge in [-0.2, -0.15) is 0 Å². The van der Waals surface area contributed by atoms with Crippen LogP contribution < -0.4 is 11.1 Å². The number of likely N-dealkylation sites (tertiary alicyclic amines) is 1. The molecule has 6 heteroatoms. The lowest BCUT2D eigenvalue weighted by atomic mass is 9.87. The highest BCUT2D eigenvalue weighted by Crippen LogP contribution is 2.22. The third kappa shape index (κ3) is 5.21. The van der Waals surface area contributed by atoms with Crippen LogP contribution in [-0.2, 0) is 4.79 Å². The highest BCUT2D eigenvalue weighted by Gasteiger charge is 2.34. The number of rotatable bonds is 5. The Morgan fingerprint density at radius 1 is 1.31 bits per heavy atom. The van der Waals surface area contributed by atoms with Gasteiger partial charge in [0, 0.05) is 25.2 Å². The summed E-state index contributed by atoms with van der Waals surface area (Å²) in [6.07, 6.45) is 1.65. The van der Waals surface area contributed by atoms with Crippen molar-refractivity contribution in [2.24, 2.45) is 17.6 Å². The summed E-state index contributed by atoms with van der Waals surface area (Å²) in [7, 11) is 0. The van der Waals surface area contributed by atoms with Gasteiger partial charge in [0.15, 0.2) is 0 Å². The summed E-state index contributed by atoms with van der Waals surface area (Å²) in [6, 6.07) is 7.59. The number of benzene rings is 1. The fourth-order valence-corrected chi connectivity index (χ4v) is 3.07.